The first-order valence-corrected chi connectivity index (χ1v) is 4.06. The first-order chi connectivity index (χ1) is 5.77. The van der Waals surface area contributed by atoms with Gasteiger partial charge in [0.1, 0.15) is 5.75 Å². The van der Waals surface area contributed by atoms with Gasteiger partial charge in [-0.15, -0.1) is 0 Å². The SMILES string of the molecule is COc1ccc(NC#N)c(Br)c1. The summed E-state index contributed by atoms with van der Waals surface area (Å²) in [5.74, 6) is 0.755. The van der Waals surface area contributed by atoms with E-state index in [4.69, 9.17) is 10.00 Å². The summed E-state index contributed by atoms with van der Waals surface area (Å²) in [5, 5.41) is 10.9. The number of ether oxygens (including phenoxy) is 1. The Labute approximate surface area is 79.1 Å². The van der Waals surface area contributed by atoms with Crippen LogP contribution in [-0.2, 0) is 0 Å². The summed E-state index contributed by atoms with van der Waals surface area (Å²) < 4.78 is 5.80. The van der Waals surface area contributed by atoms with E-state index in [-0.39, 0.29) is 0 Å². The number of nitrogens with zero attached hydrogens (tertiary/aromatic N) is 1. The first kappa shape index (κ1) is 8.88. The van der Waals surface area contributed by atoms with Crippen molar-refractivity contribution < 1.29 is 4.74 Å². The van der Waals surface area contributed by atoms with Gasteiger partial charge in [0.25, 0.3) is 0 Å². The van der Waals surface area contributed by atoms with Crippen molar-refractivity contribution in [2.75, 3.05) is 12.4 Å². The van der Waals surface area contributed by atoms with Crippen molar-refractivity contribution in [1.29, 1.82) is 5.26 Å². The predicted octanol–water partition coefficient (Wildman–Crippen LogP) is 2.35. The van der Waals surface area contributed by atoms with Crippen molar-refractivity contribution in [3.8, 4) is 11.9 Å². The zero-order chi connectivity index (χ0) is 8.97. The highest BCUT2D eigenvalue weighted by molar-refractivity contribution is 9.10. The number of halogens is 1. The molecule has 1 aromatic rings. The van der Waals surface area contributed by atoms with Crippen molar-refractivity contribution >= 4 is 21.6 Å². The predicted molar refractivity (Wildman–Crippen MR) is 49.9 cm³/mol. The summed E-state index contributed by atoms with van der Waals surface area (Å²) in [7, 11) is 1.60. The highest BCUT2D eigenvalue weighted by atomic mass is 79.9. The average molecular weight is 227 g/mol. The molecule has 0 unspecified atom stereocenters. The van der Waals surface area contributed by atoms with Crippen molar-refractivity contribution in [3.05, 3.63) is 22.7 Å². The third kappa shape index (κ3) is 1.89. The number of benzene rings is 1. The smallest absolute Gasteiger partial charge is 0.181 e. The molecule has 12 heavy (non-hydrogen) atoms. The Kier molecular flexibility index (Phi) is 2.94. The van der Waals surface area contributed by atoms with Crippen molar-refractivity contribution in [1.82, 2.24) is 0 Å². The molecular weight excluding hydrogens is 220 g/mol. The maximum atomic E-state index is 8.36. The van der Waals surface area contributed by atoms with Crippen LogP contribution in [0.5, 0.6) is 5.75 Å². The fourth-order valence-electron chi connectivity index (χ4n) is 0.784. The summed E-state index contributed by atoms with van der Waals surface area (Å²) in [4.78, 5) is 0. The lowest BCUT2D eigenvalue weighted by Crippen LogP contribution is -1.89. The summed E-state index contributed by atoms with van der Waals surface area (Å²) in [6, 6.07) is 5.34. The van der Waals surface area contributed by atoms with Crippen LogP contribution in [0.15, 0.2) is 22.7 Å². The first-order valence-electron chi connectivity index (χ1n) is 3.26. The molecular formula is C8H7BrN2O. The quantitative estimate of drug-likeness (QED) is 0.623. The molecule has 0 aliphatic heterocycles. The highest BCUT2D eigenvalue weighted by Crippen LogP contribution is 2.26. The van der Waals surface area contributed by atoms with Crippen LogP contribution in [0.25, 0.3) is 0 Å². The van der Waals surface area contributed by atoms with Gasteiger partial charge in [-0.3, -0.25) is 5.32 Å². The summed E-state index contributed by atoms with van der Waals surface area (Å²) in [6.45, 7) is 0. The molecule has 0 saturated heterocycles. The van der Waals surface area contributed by atoms with Crippen LogP contribution in [0.1, 0.15) is 0 Å². The zero-order valence-corrected chi connectivity index (χ0v) is 8.05. The number of methoxy groups -OCH3 is 1. The third-order valence-corrected chi connectivity index (χ3v) is 2.02. The Morgan fingerprint density at radius 1 is 1.58 bits per heavy atom. The van der Waals surface area contributed by atoms with Crippen molar-refractivity contribution in [3.63, 3.8) is 0 Å². The molecule has 0 radical (unpaired) electrons. The lowest BCUT2D eigenvalue weighted by atomic mass is 10.3. The second-order valence-corrected chi connectivity index (χ2v) is 2.94. The Balaban J connectivity index is 2.97. The van der Waals surface area contributed by atoms with Gasteiger partial charge in [0.05, 0.1) is 12.8 Å². The molecule has 0 bridgehead atoms. The van der Waals surface area contributed by atoms with Crippen molar-refractivity contribution in [2.24, 2.45) is 0 Å². The van der Waals surface area contributed by atoms with Crippen LogP contribution < -0.4 is 10.1 Å². The minimum absolute atomic E-state index is 0.735. The van der Waals surface area contributed by atoms with Gasteiger partial charge in [-0.1, -0.05) is 0 Å². The van der Waals surface area contributed by atoms with Crippen LogP contribution in [0.4, 0.5) is 5.69 Å². The van der Waals surface area contributed by atoms with Gasteiger partial charge in [-0.05, 0) is 34.1 Å². The molecule has 3 nitrogen and oxygen atoms in total. The van der Waals surface area contributed by atoms with E-state index in [9.17, 15) is 0 Å². The molecule has 1 N–H and O–H groups in total. The molecule has 0 aliphatic carbocycles. The average Bonchev–Trinajstić information content (AvgIpc) is 2.09. The molecule has 1 rings (SSSR count). The summed E-state index contributed by atoms with van der Waals surface area (Å²) in [5.41, 5.74) is 0.735. The molecule has 1 aromatic carbocycles. The van der Waals surface area contributed by atoms with E-state index in [0.29, 0.717) is 0 Å². The number of rotatable bonds is 2. The van der Waals surface area contributed by atoms with Crippen LogP contribution in [-0.4, -0.2) is 7.11 Å². The molecule has 0 aromatic heterocycles. The Bertz CT molecular complexity index is 319. The number of hydrogen-bond acceptors (Lipinski definition) is 3. The minimum Gasteiger partial charge on any atom is -0.497 e. The number of anilines is 1. The summed E-state index contributed by atoms with van der Waals surface area (Å²) in [6.07, 6.45) is 1.84. The zero-order valence-electron chi connectivity index (χ0n) is 6.47. The molecule has 0 atom stereocenters. The van der Waals surface area contributed by atoms with Crippen LogP contribution >= 0.6 is 15.9 Å². The number of hydrogen-bond donors (Lipinski definition) is 1. The number of nitriles is 1. The van der Waals surface area contributed by atoms with E-state index in [1.54, 1.807) is 25.3 Å². The van der Waals surface area contributed by atoms with Crippen LogP contribution in [0, 0.1) is 11.5 Å². The van der Waals surface area contributed by atoms with E-state index in [1.807, 2.05) is 6.19 Å². The Hall–Kier alpha value is -1.21. The third-order valence-electron chi connectivity index (χ3n) is 1.37. The Morgan fingerprint density at radius 2 is 2.33 bits per heavy atom. The molecule has 0 spiro atoms. The van der Waals surface area contributed by atoms with E-state index >= 15 is 0 Å². The molecule has 4 heteroatoms. The maximum Gasteiger partial charge on any atom is 0.181 e. The molecule has 0 heterocycles. The topological polar surface area (TPSA) is 45.0 Å². The molecule has 0 saturated carbocycles. The van der Waals surface area contributed by atoms with Crippen molar-refractivity contribution in [2.45, 2.75) is 0 Å². The maximum absolute atomic E-state index is 8.36. The lowest BCUT2D eigenvalue weighted by molar-refractivity contribution is 0.414. The monoisotopic (exact) mass is 226 g/mol. The number of nitrogens with one attached hydrogen (secondary N) is 1. The highest BCUT2D eigenvalue weighted by Gasteiger charge is 1.99. The van der Waals surface area contributed by atoms with E-state index in [0.717, 1.165) is 15.9 Å². The van der Waals surface area contributed by atoms with E-state index in [1.165, 1.54) is 0 Å². The van der Waals surface area contributed by atoms with Crippen LogP contribution in [0.2, 0.25) is 0 Å². The summed E-state index contributed by atoms with van der Waals surface area (Å²) >= 11 is 3.30. The normalized spacial score (nSPS) is 8.75. The van der Waals surface area contributed by atoms with Gasteiger partial charge in [0.2, 0.25) is 0 Å². The van der Waals surface area contributed by atoms with Gasteiger partial charge in [-0.25, -0.2) is 0 Å². The van der Waals surface area contributed by atoms with Gasteiger partial charge in [-0.2, -0.15) is 5.26 Å². The van der Waals surface area contributed by atoms with Gasteiger partial charge in [0.15, 0.2) is 6.19 Å². The van der Waals surface area contributed by atoms with E-state index in [2.05, 4.69) is 21.2 Å². The Morgan fingerprint density at radius 3 is 2.83 bits per heavy atom. The fourth-order valence-corrected chi connectivity index (χ4v) is 1.24. The molecule has 0 amide bonds. The molecule has 0 fully saturated rings. The second-order valence-electron chi connectivity index (χ2n) is 2.08. The van der Waals surface area contributed by atoms with Gasteiger partial charge >= 0.3 is 0 Å². The van der Waals surface area contributed by atoms with E-state index < -0.39 is 0 Å². The lowest BCUT2D eigenvalue weighted by Gasteiger charge is -2.03. The fraction of sp³-hybridized carbons (Fsp3) is 0.125. The molecule has 62 valence electrons. The minimum atomic E-state index is 0.735. The van der Waals surface area contributed by atoms with Crippen LogP contribution in [0.3, 0.4) is 0 Å². The van der Waals surface area contributed by atoms with Gasteiger partial charge in [0, 0.05) is 4.47 Å². The standard InChI is InChI=1S/C8H7BrN2O/c1-12-6-2-3-8(11-5-10)7(9)4-6/h2-4,11H,1H3. The largest absolute Gasteiger partial charge is 0.497 e. The second kappa shape index (κ2) is 3.98. The molecule has 0 aliphatic rings. The van der Waals surface area contributed by atoms with Gasteiger partial charge < -0.3 is 4.74 Å².